The second-order valence-electron chi connectivity index (χ2n) is 6.21. The number of anilines is 1. The average molecular weight is 327 g/mol. The first-order valence-corrected chi connectivity index (χ1v) is 8.35. The summed E-state index contributed by atoms with van der Waals surface area (Å²) >= 11 is 12.2. The van der Waals surface area contributed by atoms with Crippen LogP contribution < -0.4 is 5.73 Å². The van der Waals surface area contributed by atoms with Crippen LogP contribution in [0, 0.1) is 11.8 Å². The molecular formula is C16H20Cl2N2O. The first-order chi connectivity index (χ1) is 10.1. The van der Waals surface area contributed by atoms with Crippen LogP contribution in [0.3, 0.4) is 0 Å². The van der Waals surface area contributed by atoms with Gasteiger partial charge in [0, 0.05) is 18.8 Å². The number of hydrogen-bond acceptors (Lipinski definition) is 2. The molecule has 1 aromatic carbocycles. The summed E-state index contributed by atoms with van der Waals surface area (Å²) in [6.07, 6.45) is 6.28. The molecule has 21 heavy (non-hydrogen) atoms. The van der Waals surface area contributed by atoms with Crippen LogP contribution in [-0.4, -0.2) is 23.9 Å². The van der Waals surface area contributed by atoms with E-state index in [0.717, 1.165) is 25.4 Å². The van der Waals surface area contributed by atoms with Crippen LogP contribution in [0.4, 0.5) is 5.69 Å². The van der Waals surface area contributed by atoms with Crippen molar-refractivity contribution in [3.05, 3.63) is 27.7 Å². The highest BCUT2D eigenvalue weighted by Gasteiger charge is 2.33. The number of carbonyl (C=O) groups excluding carboxylic acids is 1. The van der Waals surface area contributed by atoms with E-state index in [1.165, 1.54) is 25.7 Å². The summed E-state index contributed by atoms with van der Waals surface area (Å²) in [6.45, 7) is 1.65. The smallest absolute Gasteiger partial charge is 0.255 e. The van der Waals surface area contributed by atoms with Gasteiger partial charge in [0.05, 0.1) is 15.6 Å². The molecule has 0 spiro atoms. The standard InChI is InChI=1S/C16H20Cl2N2O/c17-14-8-12(19)7-13(15(14)18)16(21)20-6-5-10-3-1-2-4-11(10)9-20/h7-8,10-11H,1-6,9,19H2. The number of nitrogens with zero attached hydrogens (tertiary/aromatic N) is 1. The summed E-state index contributed by atoms with van der Waals surface area (Å²) in [4.78, 5) is 14.6. The fourth-order valence-electron chi connectivity index (χ4n) is 3.72. The van der Waals surface area contributed by atoms with Crippen LogP contribution in [0.15, 0.2) is 12.1 Å². The Morgan fingerprint density at radius 2 is 1.86 bits per heavy atom. The number of nitrogen functional groups attached to an aromatic ring is 1. The molecule has 1 heterocycles. The largest absolute Gasteiger partial charge is 0.399 e. The number of carbonyl (C=O) groups is 1. The lowest BCUT2D eigenvalue weighted by molar-refractivity contribution is 0.0521. The van der Waals surface area contributed by atoms with Gasteiger partial charge < -0.3 is 10.6 Å². The molecule has 1 amide bonds. The molecule has 0 bridgehead atoms. The number of piperidine rings is 1. The molecule has 2 aliphatic rings. The number of fused-ring (bicyclic) bond motifs is 1. The van der Waals surface area contributed by atoms with Gasteiger partial charge >= 0.3 is 0 Å². The minimum Gasteiger partial charge on any atom is -0.399 e. The van der Waals surface area contributed by atoms with Gasteiger partial charge in [-0.05, 0) is 36.8 Å². The molecule has 1 saturated heterocycles. The normalized spacial score (nSPS) is 25.5. The van der Waals surface area contributed by atoms with Crippen molar-refractivity contribution in [2.45, 2.75) is 32.1 Å². The average Bonchev–Trinajstić information content (AvgIpc) is 2.49. The third kappa shape index (κ3) is 3.00. The van der Waals surface area contributed by atoms with Crippen molar-refractivity contribution in [1.29, 1.82) is 0 Å². The molecule has 114 valence electrons. The second-order valence-corrected chi connectivity index (χ2v) is 6.99. The lowest BCUT2D eigenvalue weighted by Crippen LogP contribution is -2.44. The zero-order valence-corrected chi connectivity index (χ0v) is 13.5. The van der Waals surface area contributed by atoms with Gasteiger partial charge in [-0.25, -0.2) is 0 Å². The van der Waals surface area contributed by atoms with Crippen LogP contribution in [0.1, 0.15) is 42.5 Å². The summed E-state index contributed by atoms with van der Waals surface area (Å²) < 4.78 is 0. The number of benzene rings is 1. The Morgan fingerprint density at radius 3 is 2.62 bits per heavy atom. The van der Waals surface area contributed by atoms with Gasteiger partial charge in [-0.2, -0.15) is 0 Å². The van der Waals surface area contributed by atoms with Crippen molar-refractivity contribution in [2.24, 2.45) is 11.8 Å². The molecule has 2 unspecified atom stereocenters. The SMILES string of the molecule is Nc1cc(Cl)c(Cl)c(C(=O)N2CCC3CCCCC3C2)c1. The highest BCUT2D eigenvalue weighted by molar-refractivity contribution is 6.44. The van der Waals surface area contributed by atoms with E-state index in [9.17, 15) is 4.79 Å². The van der Waals surface area contributed by atoms with E-state index in [0.29, 0.717) is 27.2 Å². The van der Waals surface area contributed by atoms with E-state index in [4.69, 9.17) is 28.9 Å². The highest BCUT2D eigenvalue weighted by atomic mass is 35.5. The predicted molar refractivity (Wildman–Crippen MR) is 86.8 cm³/mol. The topological polar surface area (TPSA) is 46.3 Å². The number of rotatable bonds is 1. The van der Waals surface area contributed by atoms with Gasteiger partial charge in [0.15, 0.2) is 0 Å². The van der Waals surface area contributed by atoms with Gasteiger partial charge in [0.2, 0.25) is 0 Å². The molecule has 2 N–H and O–H groups in total. The van der Waals surface area contributed by atoms with E-state index in [-0.39, 0.29) is 5.91 Å². The van der Waals surface area contributed by atoms with E-state index < -0.39 is 0 Å². The number of amides is 1. The van der Waals surface area contributed by atoms with Gasteiger partial charge in [-0.15, -0.1) is 0 Å². The van der Waals surface area contributed by atoms with Gasteiger partial charge in [0.1, 0.15) is 0 Å². The van der Waals surface area contributed by atoms with E-state index in [1.54, 1.807) is 12.1 Å². The van der Waals surface area contributed by atoms with E-state index in [2.05, 4.69) is 0 Å². The van der Waals surface area contributed by atoms with Crippen molar-refractivity contribution in [3.8, 4) is 0 Å². The third-order valence-electron chi connectivity index (χ3n) is 4.86. The minimum atomic E-state index is -0.0433. The molecular weight excluding hydrogens is 307 g/mol. The summed E-state index contributed by atoms with van der Waals surface area (Å²) in [5.41, 5.74) is 6.69. The van der Waals surface area contributed by atoms with Crippen molar-refractivity contribution in [2.75, 3.05) is 18.8 Å². The van der Waals surface area contributed by atoms with Crippen LogP contribution in [0.2, 0.25) is 10.0 Å². The number of halogens is 2. The third-order valence-corrected chi connectivity index (χ3v) is 5.66. The zero-order chi connectivity index (χ0) is 15.0. The maximum Gasteiger partial charge on any atom is 0.255 e. The van der Waals surface area contributed by atoms with Gasteiger partial charge in [-0.3, -0.25) is 4.79 Å². The number of likely N-dealkylation sites (tertiary alicyclic amines) is 1. The monoisotopic (exact) mass is 326 g/mol. The first-order valence-electron chi connectivity index (χ1n) is 7.60. The van der Waals surface area contributed by atoms with Crippen LogP contribution in [-0.2, 0) is 0 Å². The zero-order valence-electron chi connectivity index (χ0n) is 11.9. The lowest BCUT2D eigenvalue weighted by atomic mass is 9.75. The second kappa shape index (κ2) is 6.05. The maximum atomic E-state index is 12.7. The van der Waals surface area contributed by atoms with Crippen molar-refractivity contribution in [3.63, 3.8) is 0 Å². The lowest BCUT2D eigenvalue weighted by Gasteiger charge is -2.41. The van der Waals surface area contributed by atoms with Crippen LogP contribution >= 0.6 is 23.2 Å². The van der Waals surface area contributed by atoms with E-state index in [1.807, 2.05) is 4.90 Å². The maximum absolute atomic E-state index is 12.7. The molecule has 0 aromatic heterocycles. The molecule has 0 radical (unpaired) electrons. The fourth-order valence-corrected chi connectivity index (χ4v) is 4.14. The quantitative estimate of drug-likeness (QED) is 0.785. The molecule has 1 aromatic rings. The van der Waals surface area contributed by atoms with E-state index >= 15 is 0 Å². The fraction of sp³-hybridized carbons (Fsp3) is 0.562. The summed E-state index contributed by atoms with van der Waals surface area (Å²) in [6, 6.07) is 3.21. The van der Waals surface area contributed by atoms with Gasteiger partial charge in [-0.1, -0.05) is 42.5 Å². The number of nitrogens with two attached hydrogens (primary N) is 1. The van der Waals surface area contributed by atoms with Gasteiger partial charge in [0.25, 0.3) is 5.91 Å². The molecule has 1 aliphatic carbocycles. The van der Waals surface area contributed by atoms with Crippen molar-refractivity contribution in [1.82, 2.24) is 4.90 Å². The Hall–Kier alpha value is -0.930. The van der Waals surface area contributed by atoms with Crippen LogP contribution in [0.5, 0.6) is 0 Å². The Kier molecular flexibility index (Phi) is 4.32. The summed E-state index contributed by atoms with van der Waals surface area (Å²) in [5.74, 6) is 1.40. The summed E-state index contributed by atoms with van der Waals surface area (Å²) in [5, 5.41) is 0.647. The van der Waals surface area contributed by atoms with Crippen LogP contribution in [0.25, 0.3) is 0 Å². The molecule has 1 aliphatic heterocycles. The molecule has 3 nitrogen and oxygen atoms in total. The van der Waals surface area contributed by atoms with Crippen molar-refractivity contribution >= 4 is 34.8 Å². The first kappa shape index (κ1) is 15.0. The molecule has 1 saturated carbocycles. The Balaban J connectivity index is 1.79. The Morgan fingerprint density at radius 1 is 1.14 bits per heavy atom. The predicted octanol–water partition coefficient (Wildman–Crippen LogP) is 4.23. The molecule has 2 atom stereocenters. The summed E-state index contributed by atoms with van der Waals surface area (Å²) in [7, 11) is 0. The number of hydrogen-bond donors (Lipinski definition) is 1. The highest BCUT2D eigenvalue weighted by Crippen LogP contribution is 2.37. The Labute approximate surface area is 135 Å². The minimum absolute atomic E-state index is 0.0433. The molecule has 2 fully saturated rings. The Bertz CT molecular complexity index is 561. The van der Waals surface area contributed by atoms with Crippen molar-refractivity contribution < 1.29 is 4.79 Å². The molecule has 3 rings (SSSR count). The molecule has 5 heteroatoms.